The molecule has 0 spiro atoms. The molecular weight excluding hydrogens is 234 g/mol. The quantitative estimate of drug-likeness (QED) is 0.892. The second-order valence-corrected chi connectivity index (χ2v) is 4.98. The summed E-state index contributed by atoms with van der Waals surface area (Å²) >= 11 is 0. The third kappa shape index (κ3) is 2.70. The molecule has 0 radical (unpaired) electrons. The van der Waals surface area contributed by atoms with Crippen molar-refractivity contribution in [1.29, 1.82) is 0 Å². The monoisotopic (exact) mass is 254 g/mol. The van der Waals surface area contributed by atoms with Gasteiger partial charge >= 0.3 is 0 Å². The Hall–Kier alpha value is -1.00. The summed E-state index contributed by atoms with van der Waals surface area (Å²) in [5.74, 6) is -1.49. The lowest BCUT2D eigenvalue weighted by Crippen LogP contribution is -2.45. The average molecular weight is 254 g/mol. The van der Waals surface area contributed by atoms with Crippen LogP contribution in [0.3, 0.4) is 0 Å². The highest BCUT2D eigenvalue weighted by Crippen LogP contribution is 2.26. The SMILES string of the molecule is CC(c1cccc(F)c1F)N(C)C1CCCNC1. The standard InChI is InChI=1S/C14H20F2N2/c1-10(12-6-3-7-13(15)14(12)16)18(2)11-5-4-8-17-9-11/h3,6-7,10-11,17H,4-5,8-9H2,1-2H3. The van der Waals surface area contributed by atoms with Crippen LogP contribution in [0.25, 0.3) is 0 Å². The topological polar surface area (TPSA) is 15.3 Å². The molecule has 2 rings (SSSR count). The Balaban J connectivity index is 2.14. The van der Waals surface area contributed by atoms with Gasteiger partial charge in [0.1, 0.15) is 0 Å². The zero-order chi connectivity index (χ0) is 13.1. The first-order valence-corrected chi connectivity index (χ1v) is 6.48. The molecule has 1 aliphatic rings. The number of halogens is 2. The van der Waals surface area contributed by atoms with E-state index in [1.807, 2.05) is 14.0 Å². The molecule has 1 N–H and O–H groups in total. The molecule has 1 heterocycles. The van der Waals surface area contributed by atoms with Gasteiger partial charge in [-0.3, -0.25) is 4.90 Å². The number of nitrogens with one attached hydrogen (secondary N) is 1. The van der Waals surface area contributed by atoms with Gasteiger partial charge in [-0.1, -0.05) is 12.1 Å². The van der Waals surface area contributed by atoms with Gasteiger partial charge in [0.25, 0.3) is 0 Å². The third-order valence-corrected chi connectivity index (χ3v) is 3.89. The van der Waals surface area contributed by atoms with Crippen molar-refractivity contribution in [2.75, 3.05) is 20.1 Å². The zero-order valence-corrected chi connectivity index (χ0v) is 10.9. The molecular formula is C14H20F2N2. The summed E-state index contributed by atoms with van der Waals surface area (Å²) in [5, 5.41) is 3.34. The fourth-order valence-electron chi connectivity index (χ4n) is 2.56. The van der Waals surface area contributed by atoms with Gasteiger partial charge in [0, 0.05) is 24.2 Å². The van der Waals surface area contributed by atoms with Crippen LogP contribution in [0.1, 0.15) is 31.4 Å². The third-order valence-electron chi connectivity index (χ3n) is 3.89. The van der Waals surface area contributed by atoms with E-state index < -0.39 is 11.6 Å². The van der Waals surface area contributed by atoms with Crippen molar-refractivity contribution in [3.8, 4) is 0 Å². The first-order valence-electron chi connectivity index (χ1n) is 6.48. The molecule has 0 amide bonds. The van der Waals surface area contributed by atoms with Gasteiger partial charge in [0.2, 0.25) is 0 Å². The number of likely N-dealkylation sites (N-methyl/N-ethyl adjacent to an activating group) is 1. The predicted octanol–water partition coefficient (Wildman–Crippen LogP) is 2.71. The van der Waals surface area contributed by atoms with E-state index >= 15 is 0 Å². The van der Waals surface area contributed by atoms with Crippen LogP contribution < -0.4 is 5.32 Å². The van der Waals surface area contributed by atoms with Crippen LogP contribution in [0.5, 0.6) is 0 Å². The average Bonchev–Trinajstić information content (AvgIpc) is 2.41. The summed E-state index contributed by atoms with van der Waals surface area (Å²) in [6.45, 7) is 3.89. The minimum atomic E-state index is -0.769. The number of piperidine rings is 1. The van der Waals surface area contributed by atoms with Crippen LogP contribution >= 0.6 is 0 Å². The molecule has 0 saturated carbocycles. The van der Waals surface area contributed by atoms with Gasteiger partial charge in [-0.15, -0.1) is 0 Å². The Morgan fingerprint density at radius 2 is 2.17 bits per heavy atom. The first kappa shape index (κ1) is 13.4. The van der Waals surface area contributed by atoms with Crippen molar-refractivity contribution in [2.24, 2.45) is 0 Å². The van der Waals surface area contributed by atoms with E-state index in [-0.39, 0.29) is 6.04 Å². The maximum absolute atomic E-state index is 13.8. The number of nitrogens with zero attached hydrogens (tertiary/aromatic N) is 1. The fourth-order valence-corrected chi connectivity index (χ4v) is 2.56. The molecule has 1 aliphatic heterocycles. The Morgan fingerprint density at radius 3 is 2.83 bits per heavy atom. The molecule has 0 aliphatic carbocycles. The molecule has 0 bridgehead atoms. The van der Waals surface area contributed by atoms with Crippen molar-refractivity contribution in [1.82, 2.24) is 10.2 Å². The van der Waals surface area contributed by atoms with Crippen molar-refractivity contribution >= 4 is 0 Å². The summed E-state index contributed by atoms with van der Waals surface area (Å²) in [7, 11) is 1.98. The Morgan fingerprint density at radius 1 is 1.39 bits per heavy atom. The molecule has 4 heteroatoms. The van der Waals surface area contributed by atoms with Crippen molar-refractivity contribution in [3.63, 3.8) is 0 Å². The lowest BCUT2D eigenvalue weighted by atomic mass is 10.0. The Labute approximate surface area is 107 Å². The highest BCUT2D eigenvalue weighted by molar-refractivity contribution is 5.22. The minimum Gasteiger partial charge on any atom is -0.315 e. The van der Waals surface area contributed by atoms with Crippen LogP contribution in [-0.4, -0.2) is 31.1 Å². The van der Waals surface area contributed by atoms with Crippen LogP contribution in [-0.2, 0) is 0 Å². The maximum Gasteiger partial charge on any atom is 0.163 e. The lowest BCUT2D eigenvalue weighted by molar-refractivity contribution is 0.153. The van der Waals surface area contributed by atoms with Gasteiger partial charge in [-0.2, -0.15) is 0 Å². The second kappa shape index (κ2) is 5.76. The molecule has 0 aromatic heterocycles. The van der Waals surface area contributed by atoms with E-state index in [0.29, 0.717) is 11.6 Å². The van der Waals surface area contributed by atoms with Gasteiger partial charge < -0.3 is 5.32 Å². The van der Waals surface area contributed by atoms with E-state index in [0.717, 1.165) is 32.0 Å². The molecule has 100 valence electrons. The first-order chi connectivity index (χ1) is 8.61. The smallest absolute Gasteiger partial charge is 0.163 e. The van der Waals surface area contributed by atoms with Gasteiger partial charge in [0.05, 0.1) is 0 Å². The normalized spacial score (nSPS) is 22.2. The summed E-state index contributed by atoms with van der Waals surface area (Å²) in [5.41, 5.74) is 0.433. The van der Waals surface area contributed by atoms with E-state index in [1.165, 1.54) is 0 Å². The molecule has 2 atom stereocenters. The van der Waals surface area contributed by atoms with Crippen LogP contribution in [0, 0.1) is 11.6 Å². The largest absolute Gasteiger partial charge is 0.315 e. The van der Waals surface area contributed by atoms with E-state index in [2.05, 4.69) is 10.2 Å². The van der Waals surface area contributed by atoms with Gasteiger partial charge in [-0.25, -0.2) is 8.78 Å². The van der Waals surface area contributed by atoms with Crippen molar-refractivity contribution in [2.45, 2.75) is 31.8 Å². The molecule has 2 nitrogen and oxygen atoms in total. The molecule has 1 saturated heterocycles. The second-order valence-electron chi connectivity index (χ2n) is 4.98. The van der Waals surface area contributed by atoms with E-state index in [9.17, 15) is 8.78 Å². The number of hydrogen-bond donors (Lipinski definition) is 1. The van der Waals surface area contributed by atoms with E-state index in [1.54, 1.807) is 12.1 Å². The highest BCUT2D eigenvalue weighted by Gasteiger charge is 2.25. The van der Waals surface area contributed by atoms with Gasteiger partial charge in [0.15, 0.2) is 11.6 Å². The van der Waals surface area contributed by atoms with Crippen LogP contribution in [0.15, 0.2) is 18.2 Å². The number of rotatable bonds is 3. The fraction of sp³-hybridized carbons (Fsp3) is 0.571. The van der Waals surface area contributed by atoms with Gasteiger partial charge in [-0.05, 0) is 39.4 Å². The zero-order valence-electron chi connectivity index (χ0n) is 10.9. The molecule has 1 aromatic carbocycles. The summed E-state index contributed by atoms with van der Waals surface area (Å²) in [6, 6.07) is 4.66. The molecule has 1 aromatic rings. The predicted molar refractivity (Wildman–Crippen MR) is 68.4 cm³/mol. The molecule has 2 unspecified atom stereocenters. The summed E-state index contributed by atoms with van der Waals surface area (Å²) in [6.07, 6.45) is 2.23. The lowest BCUT2D eigenvalue weighted by Gasteiger charge is -2.36. The maximum atomic E-state index is 13.8. The van der Waals surface area contributed by atoms with Crippen molar-refractivity contribution < 1.29 is 8.78 Å². The Kier molecular flexibility index (Phi) is 4.30. The van der Waals surface area contributed by atoms with E-state index in [4.69, 9.17) is 0 Å². The molecule has 1 fully saturated rings. The molecule has 18 heavy (non-hydrogen) atoms. The summed E-state index contributed by atoms with van der Waals surface area (Å²) < 4.78 is 27.0. The van der Waals surface area contributed by atoms with Crippen LogP contribution in [0.2, 0.25) is 0 Å². The minimum absolute atomic E-state index is 0.120. The summed E-state index contributed by atoms with van der Waals surface area (Å²) in [4.78, 5) is 2.13. The number of benzene rings is 1. The van der Waals surface area contributed by atoms with Crippen LogP contribution in [0.4, 0.5) is 8.78 Å². The highest BCUT2D eigenvalue weighted by atomic mass is 19.2. The Bertz CT molecular complexity index is 403. The van der Waals surface area contributed by atoms with Crippen molar-refractivity contribution in [3.05, 3.63) is 35.4 Å². The number of hydrogen-bond acceptors (Lipinski definition) is 2.